The van der Waals surface area contributed by atoms with E-state index in [-0.39, 0.29) is 17.5 Å². The van der Waals surface area contributed by atoms with E-state index in [4.69, 9.17) is 0 Å². The van der Waals surface area contributed by atoms with Gasteiger partial charge < -0.3 is 10.6 Å². The highest BCUT2D eigenvalue weighted by molar-refractivity contribution is 7.13. The van der Waals surface area contributed by atoms with E-state index in [0.29, 0.717) is 33.5 Å². The van der Waals surface area contributed by atoms with Crippen LogP contribution in [0.2, 0.25) is 0 Å². The van der Waals surface area contributed by atoms with Crippen molar-refractivity contribution < 1.29 is 14.4 Å². The molecule has 1 aliphatic carbocycles. The Balaban J connectivity index is 1.40. The van der Waals surface area contributed by atoms with Gasteiger partial charge in [-0.3, -0.25) is 14.4 Å². The van der Waals surface area contributed by atoms with Crippen LogP contribution in [0.4, 0.5) is 16.5 Å². The second kappa shape index (κ2) is 7.62. The topological polar surface area (TPSA) is 88.2 Å². The molecule has 0 aliphatic heterocycles. The molecule has 0 atom stereocenters. The lowest BCUT2D eigenvalue weighted by atomic mass is 9.84. The smallest absolute Gasteiger partial charge is 0.255 e. The van der Waals surface area contributed by atoms with Gasteiger partial charge in [0.05, 0.1) is 0 Å². The Morgan fingerprint density at radius 3 is 2.26 bits per heavy atom. The normalized spacial score (nSPS) is 12.1. The van der Waals surface area contributed by atoms with Crippen molar-refractivity contribution >= 4 is 45.3 Å². The molecule has 1 aromatic heterocycles. The average Bonchev–Trinajstić information content (AvgIpc) is 3.30. The van der Waals surface area contributed by atoms with Gasteiger partial charge in [-0.2, -0.15) is 0 Å². The highest BCUT2D eigenvalue weighted by atomic mass is 32.1. The quantitative estimate of drug-likeness (QED) is 0.427. The first-order chi connectivity index (χ1) is 15.1. The van der Waals surface area contributed by atoms with Crippen LogP contribution in [0.1, 0.15) is 42.2 Å². The summed E-state index contributed by atoms with van der Waals surface area (Å²) < 4.78 is 0. The predicted molar refractivity (Wildman–Crippen MR) is 120 cm³/mol. The van der Waals surface area contributed by atoms with Crippen LogP contribution in [0.5, 0.6) is 0 Å². The molecule has 0 unspecified atom stereocenters. The molecule has 0 bridgehead atoms. The Hall–Kier alpha value is -4.10. The van der Waals surface area contributed by atoms with E-state index in [9.17, 15) is 14.4 Å². The molecule has 0 saturated heterocycles. The summed E-state index contributed by atoms with van der Waals surface area (Å²) in [7, 11) is 0. The summed E-state index contributed by atoms with van der Waals surface area (Å²) in [6, 6.07) is 18.6. The maximum Gasteiger partial charge on any atom is 0.255 e. The van der Waals surface area contributed by atoms with E-state index in [1.807, 2.05) is 11.4 Å². The summed E-state index contributed by atoms with van der Waals surface area (Å²) in [6.45, 7) is 0. The van der Waals surface area contributed by atoms with Gasteiger partial charge in [-0.25, -0.2) is 4.98 Å². The van der Waals surface area contributed by atoms with Gasteiger partial charge in [-0.05, 0) is 36.4 Å². The van der Waals surface area contributed by atoms with E-state index in [0.717, 1.165) is 10.8 Å². The third-order valence-corrected chi connectivity index (χ3v) is 5.68. The summed E-state index contributed by atoms with van der Waals surface area (Å²) >= 11 is 1.46. The number of fused-ring (bicyclic) bond motifs is 2. The van der Waals surface area contributed by atoms with Crippen LogP contribution in [0.25, 0.3) is 0 Å². The highest BCUT2D eigenvalue weighted by Gasteiger charge is 2.29. The van der Waals surface area contributed by atoms with Crippen molar-refractivity contribution in [3.8, 4) is 0 Å². The van der Waals surface area contributed by atoms with Gasteiger partial charge in [0.2, 0.25) is 0 Å². The SMILES string of the molecule is O=C(Nc1ccc2c(c1)C(=O)c1ccccc1C2=O)c1cccc(Nc2nccs2)c1. The van der Waals surface area contributed by atoms with Gasteiger partial charge in [-0.1, -0.05) is 30.3 Å². The summed E-state index contributed by atoms with van der Waals surface area (Å²) in [5.41, 5.74) is 3.06. The van der Waals surface area contributed by atoms with Crippen LogP contribution in [0.3, 0.4) is 0 Å². The van der Waals surface area contributed by atoms with Crippen molar-refractivity contribution in [1.29, 1.82) is 0 Å². The zero-order valence-electron chi connectivity index (χ0n) is 16.1. The van der Waals surface area contributed by atoms with Gasteiger partial charge in [0.15, 0.2) is 16.7 Å². The molecule has 1 aliphatic rings. The van der Waals surface area contributed by atoms with Crippen molar-refractivity contribution in [2.45, 2.75) is 0 Å². The Morgan fingerprint density at radius 1 is 0.774 bits per heavy atom. The molecule has 0 fully saturated rings. The number of rotatable bonds is 4. The Labute approximate surface area is 181 Å². The fourth-order valence-electron chi connectivity index (χ4n) is 3.53. The van der Waals surface area contributed by atoms with Gasteiger partial charge in [0.25, 0.3) is 5.91 Å². The van der Waals surface area contributed by atoms with Gasteiger partial charge in [0.1, 0.15) is 0 Å². The molecule has 4 aromatic rings. The molecule has 150 valence electrons. The third kappa shape index (κ3) is 3.51. The summed E-state index contributed by atoms with van der Waals surface area (Å²) in [4.78, 5) is 42.6. The zero-order chi connectivity index (χ0) is 21.4. The van der Waals surface area contributed by atoms with Crippen LogP contribution >= 0.6 is 11.3 Å². The second-order valence-corrected chi connectivity index (χ2v) is 7.86. The number of anilines is 3. The first-order valence-corrected chi connectivity index (χ1v) is 10.4. The minimum Gasteiger partial charge on any atom is -0.332 e. The molecule has 6 nitrogen and oxygen atoms in total. The number of nitrogens with zero attached hydrogens (tertiary/aromatic N) is 1. The average molecular weight is 425 g/mol. The van der Waals surface area contributed by atoms with Gasteiger partial charge in [0, 0.05) is 50.8 Å². The lowest BCUT2D eigenvalue weighted by Gasteiger charge is -2.18. The Kier molecular flexibility index (Phi) is 4.65. The fourth-order valence-corrected chi connectivity index (χ4v) is 4.08. The molecular weight excluding hydrogens is 410 g/mol. The zero-order valence-corrected chi connectivity index (χ0v) is 16.9. The fraction of sp³-hybridized carbons (Fsp3) is 0. The number of benzene rings is 3. The molecule has 31 heavy (non-hydrogen) atoms. The van der Waals surface area contributed by atoms with E-state index in [1.165, 1.54) is 11.3 Å². The number of amides is 1. The predicted octanol–water partition coefficient (Wildman–Crippen LogP) is 4.91. The van der Waals surface area contributed by atoms with Gasteiger partial charge in [-0.15, -0.1) is 11.3 Å². The number of nitrogens with one attached hydrogen (secondary N) is 2. The second-order valence-electron chi connectivity index (χ2n) is 6.96. The largest absolute Gasteiger partial charge is 0.332 e. The maximum absolute atomic E-state index is 12.9. The summed E-state index contributed by atoms with van der Waals surface area (Å²) in [5, 5.41) is 8.55. The van der Waals surface area contributed by atoms with Crippen molar-refractivity contribution in [2.75, 3.05) is 10.6 Å². The van der Waals surface area contributed by atoms with Crippen LogP contribution in [-0.2, 0) is 0 Å². The van der Waals surface area contributed by atoms with E-state index in [1.54, 1.807) is 66.9 Å². The Morgan fingerprint density at radius 2 is 1.52 bits per heavy atom. The lowest BCUT2D eigenvalue weighted by molar-refractivity contribution is 0.0979. The van der Waals surface area contributed by atoms with E-state index in [2.05, 4.69) is 15.6 Å². The standard InChI is InChI=1S/C24H15N3O3S/c28-21-17-6-1-2-7-18(17)22(29)20-13-16(8-9-19(20)21)26-23(30)14-4-3-5-15(12-14)27-24-25-10-11-31-24/h1-13H,(H,25,27)(H,26,30). The number of aromatic nitrogens is 1. The summed E-state index contributed by atoms with van der Waals surface area (Å²) in [6.07, 6.45) is 1.70. The number of hydrogen-bond acceptors (Lipinski definition) is 6. The maximum atomic E-state index is 12.9. The van der Waals surface area contributed by atoms with Crippen LogP contribution in [0.15, 0.2) is 78.3 Å². The Bertz CT molecular complexity index is 1350. The first-order valence-electron chi connectivity index (χ1n) is 9.50. The molecule has 0 radical (unpaired) electrons. The van der Waals surface area contributed by atoms with E-state index >= 15 is 0 Å². The molecule has 2 N–H and O–H groups in total. The molecule has 5 rings (SSSR count). The van der Waals surface area contributed by atoms with Crippen molar-refractivity contribution in [1.82, 2.24) is 4.98 Å². The third-order valence-electron chi connectivity index (χ3n) is 4.99. The van der Waals surface area contributed by atoms with Crippen LogP contribution < -0.4 is 10.6 Å². The molecule has 0 saturated carbocycles. The highest BCUT2D eigenvalue weighted by Crippen LogP contribution is 2.29. The van der Waals surface area contributed by atoms with Gasteiger partial charge >= 0.3 is 0 Å². The number of carbonyl (C=O) groups excluding carboxylic acids is 3. The van der Waals surface area contributed by atoms with E-state index < -0.39 is 0 Å². The number of ketones is 2. The molecule has 0 spiro atoms. The van der Waals surface area contributed by atoms with Crippen LogP contribution in [-0.4, -0.2) is 22.5 Å². The number of thiazole rings is 1. The molecular formula is C24H15N3O3S. The summed E-state index contributed by atoms with van der Waals surface area (Å²) in [5.74, 6) is -0.738. The first kappa shape index (κ1) is 18.9. The number of carbonyl (C=O) groups is 3. The number of hydrogen-bond donors (Lipinski definition) is 2. The lowest BCUT2D eigenvalue weighted by Crippen LogP contribution is -2.21. The molecule has 3 aromatic carbocycles. The van der Waals surface area contributed by atoms with Crippen molar-refractivity contribution in [3.63, 3.8) is 0 Å². The molecule has 7 heteroatoms. The van der Waals surface area contributed by atoms with Crippen molar-refractivity contribution in [3.05, 3.63) is 106 Å². The minimum atomic E-state index is -0.322. The van der Waals surface area contributed by atoms with Crippen LogP contribution in [0, 0.1) is 0 Å². The van der Waals surface area contributed by atoms with Crippen molar-refractivity contribution in [2.24, 2.45) is 0 Å². The minimum absolute atomic E-state index is 0.191. The molecule has 1 heterocycles. The molecule has 1 amide bonds. The monoisotopic (exact) mass is 425 g/mol.